The predicted octanol–water partition coefficient (Wildman–Crippen LogP) is 1.92. The standard InChI is InChI=1S/C10H18O3/c1-4-6-10(11)13-8-7-9(3)12-5-2/h4,9H,1,5-8H2,2-3H3. The van der Waals surface area contributed by atoms with Crippen LogP contribution in [0.1, 0.15) is 26.7 Å². The highest BCUT2D eigenvalue weighted by Crippen LogP contribution is 1.98. The van der Waals surface area contributed by atoms with Gasteiger partial charge in [-0.1, -0.05) is 6.08 Å². The van der Waals surface area contributed by atoms with E-state index in [9.17, 15) is 4.79 Å². The summed E-state index contributed by atoms with van der Waals surface area (Å²) >= 11 is 0. The Labute approximate surface area is 79.7 Å². The fraction of sp³-hybridized carbons (Fsp3) is 0.700. The van der Waals surface area contributed by atoms with Gasteiger partial charge in [-0.3, -0.25) is 4.79 Å². The van der Waals surface area contributed by atoms with E-state index in [1.165, 1.54) is 6.08 Å². The third kappa shape index (κ3) is 7.53. The molecule has 0 radical (unpaired) electrons. The van der Waals surface area contributed by atoms with E-state index in [-0.39, 0.29) is 18.5 Å². The van der Waals surface area contributed by atoms with Crippen molar-refractivity contribution in [2.24, 2.45) is 0 Å². The Balaban J connectivity index is 3.33. The molecule has 0 aromatic carbocycles. The van der Waals surface area contributed by atoms with Crippen LogP contribution >= 0.6 is 0 Å². The maximum Gasteiger partial charge on any atom is 0.309 e. The van der Waals surface area contributed by atoms with Crippen molar-refractivity contribution in [2.75, 3.05) is 13.2 Å². The molecule has 0 aliphatic rings. The fourth-order valence-electron chi connectivity index (χ4n) is 0.883. The maximum atomic E-state index is 10.8. The molecule has 3 heteroatoms. The molecule has 3 nitrogen and oxygen atoms in total. The summed E-state index contributed by atoms with van der Waals surface area (Å²) in [5, 5.41) is 0. The Morgan fingerprint density at radius 3 is 2.85 bits per heavy atom. The number of rotatable bonds is 7. The van der Waals surface area contributed by atoms with Crippen LogP contribution in [0.25, 0.3) is 0 Å². The first-order valence-electron chi connectivity index (χ1n) is 4.58. The number of carbonyl (C=O) groups is 1. The Bertz CT molecular complexity index is 154. The largest absolute Gasteiger partial charge is 0.465 e. The zero-order chi connectivity index (χ0) is 10.1. The molecule has 0 saturated carbocycles. The van der Waals surface area contributed by atoms with Crippen molar-refractivity contribution >= 4 is 5.97 Å². The van der Waals surface area contributed by atoms with Crippen LogP contribution < -0.4 is 0 Å². The molecular formula is C10H18O3. The molecule has 13 heavy (non-hydrogen) atoms. The lowest BCUT2D eigenvalue weighted by Crippen LogP contribution is -2.13. The highest BCUT2D eigenvalue weighted by molar-refractivity contribution is 5.70. The second-order valence-corrected chi connectivity index (χ2v) is 2.77. The molecule has 0 aromatic rings. The molecule has 0 bridgehead atoms. The summed E-state index contributed by atoms with van der Waals surface area (Å²) in [5.41, 5.74) is 0. The minimum Gasteiger partial charge on any atom is -0.465 e. The number of hydrogen-bond donors (Lipinski definition) is 0. The SMILES string of the molecule is C=CCC(=O)OCCC(C)OCC. The van der Waals surface area contributed by atoms with Gasteiger partial charge in [0.15, 0.2) is 0 Å². The van der Waals surface area contributed by atoms with Crippen molar-refractivity contribution in [3.8, 4) is 0 Å². The Hall–Kier alpha value is -0.830. The molecule has 0 saturated heterocycles. The minimum absolute atomic E-state index is 0.154. The van der Waals surface area contributed by atoms with Crippen LogP contribution in [0.4, 0.5) is 0 Å². The van der Waals surface area contributed by atoms with Crippen molar-refractivity contribution in [3.63, 3.8) is 0 Å². The Morgan fingerprint density at radius 1 is 1.62 bits per heavy atom. The fourth-order valence-corrected chi connectivity index (χ4v) is 0.883. The molecule has 0 heterocycles. The van der Waals surface area contributed by atoms with Gasteiger partial charge in [0.05, 0.1) is 19.1 Å². The zero-order valence-corrected chi connectivity index (χ0v) is 8.41. The number of carbonyl (C=O) groups excluding carboxylic acids is 1. The average Bonchev–Trinajstić information content (AvgIpc) is 2.05. The second-order valence-electron chi connectivity index (χ2n) is 2.77. The third-order valence-electron chi connectivity index (χ3n) is 1.55. The summed E-state index contributed by atoms with van der Waals surface area (Å²) in [7, 11) is 0. The first kappa shape index (κ1) is 12.2. The summed E-state index contributed by atoms with van der Waals surface area (Å²) in [6.07, 6.45) is 2.72. The topological polar surface area (TPSA) is 35.5 Å². The Morgan fingerprint density at radius 2 is 2.31 bits per heavy atom. The van der Waals surface area contributed by atoms with E-state index in [1.54, 1.807) is 0 Å². The quantitative estimate of drug-likeness (QED) is 0.450. The Kier molecular flexibility index (Phi) is 7.30. The lowest BCUT2D eigenvalue weighted by molar-refractivity contribution is -0.143. The molecule has 0 aliphatic heterocycles. The van der Waals surface area contributed by atoms with Gasteiger partial charge in [-0.2, -0.15) is 0 Å². The van der Waals surface area contributed by atoms with Gasteiger partial charge in [0, 0.05) is 13.0 Å². The molecular weight excluding hydrogens is 168 g/mol. The zero-order valence-electron chi connectivity index (χ0n) is 8.41. The number of ether oxygens (including phenoxy) is 2. The normalized spacial score (nSPS) is 12.2. The summed E-state index contributed by atoms with van der Waals surface area (Å²) in [6, 6.07) is 0. The maximum absolute atomic E-state index is 10.8. The van der Waals surface area contributed by atoms with Gasteiger partial charge in [-0.25, -0.2) is 0 Å². The molecule has 1 atom stereocenters. The van der Waals surface area contributed by atoms with Gasteiger partial charge < -0.3 is 9.47 Å². The van der Waals surface area contributed by atoms with Crippen LogP contribution in [-0.2, 0) is 14.3 Å². The first-order chi connectivity index (χ1) is 6.20. The number of esters is 1. The van der Waals surface area contributed by atoms with Gasteiger partial charge in [-0.15, -0.1) is 6.58 Å². The summed E-state index contributed by atoms with van der Waals surface area (Å²) < 4.78 is 10.2. The molecule has 1 unspecified atom stereocenters. The molecule has 0 N–H and O–H groups in total. The molecule has 0 rings (SSSR count). The van der Waals surface area contributed by atoms with Crippen molar-refractivity contribution in [3.05, 3.63) is 12.7 Å². The van der Waals surface area contributed by atoms with Crippen LogP contribution in [0.2, 0.25) is 0 Å². The van der Waals surface area contributed by atoms with E-state index in [2.05, 4.69) is 6.58 Å². The van der Waals surface area contributed by atoms with E-state index in [1.807, 2.05) is 13.8 Å². The van der Waals surface area contributed by atoms with Gasteiger partial charge in [-0.05, 0) is 13.8 Å². The van der Waals surface area contributed by atoms with Crippen LogP contribution in [0, 0.1) is 0 Å². The lowest BCUT2D eigenvalue weighted by Gasteiger charge is -2.10. The van der Waals surface area contributed by atoms with Crippen molar-refractivity contribution in [1.29, 1.82) is 0 Å². The van der Waals surface area contributed by atoms with Crippen LogP contribution in [0.3, 0.4) is 0 Å². The van der Waals surface area contributed by atoms with E-state index < -0.39 is 0 Å². The molecule has 0 aromatic heterocycles. The van der Waals surface area contributed by atoms with Crippen LogP contribution in [0.5, 0.6) is 0 Å². The predicted molar refractivity (Wildman–Crippen MR) is 51.5 cm³/mol. The van der Waals surface area contributed by atoms with E-state index in [0.29, 0.717) is 13.2 Å². The van der Waals surface area contributed by atoms with Crippen LogP contribution in [0.15, 0.2) is 12.7 Å². The van der Waals surface area contributed by atoms with Crippen molar-refractivity contribution < 1.29 is 14.3 Å². The van der Waals surface area contributed by atoms with Crippen molar-refractivity contribution in [2.45, 2.75) is 32.8 Å². The lowest BCUT2D eigenvalue weighted by atomic mass is 10.3. The highest BCUT2D eigenvalue weighted by Gasteiger charge is 2.03. The van der Waals surface area contributed by atoms with Crippen molar-refractivity contribution in [1.82, 2.24) is 0 Å². The molecule has 0 aliphatic carbocycles. The molecule has 0 fully saturated rings. The van der Waals surface area contributed by atoms with E-state index >= 15 is 0 Å². The monoisotopic (exact) mass is 186 g/mol. The molecule has 0 spiro atoms. The highest BCUT2D eigenvalue weighted by atomic mass is 16.5. The van der Waals surface area contributed by atoms with Crippen LogP contribution in [-0.4, -0.2) is 25.3 Å². The van der Waals surface area contributed by atoms with E-state index in [4.69, 9.17) is 9.47 Å². The average molecular weight is 186 g/mol. The van der Waals surface area contributed by atoms with Gasteiger partial charge in [0.25, 0.3) is 0 Å². The minimum atomic E-state index is -0.223. The molecule has 0 amide bonds. The summed E-state index contributed by atoms with van der Waals surface area (Å²) in [4.78, 5) is 10.8. The second kappa shape index (κ2) is 7.80. The van der Waals surface area contributed by atoms with Gasteiger partial charge in [0.2, 0.25) is 0 Å². The number of hydrogen-bond acceptors (Lipinski definition) is 3. The summed E-state index contributed by atoms with van der Waals surface area (Å²) in [6.45, 7) is 8.48. The van der Waals surface area contributed by atoms with Gasteiger partial charge >= 0.3 is 5.97 Å². The first-order valence-corrected chi connectivity index (χ1v) is 4.58. The van der Waals surface area contributed by atoms with E-state index in [0.717, 1.165) is 6.42 Å². The summed E-state index contributed by atoms with van der Waals surface area (Å²) in [5.74, 6) is -0.223. The third-order valence-corrected chi connectivity index (χ3v) is 1.55. The smallest absolute Gasteiger partial charge is 0.309 e. The van der Waals surface area contributed by atoms with Gasteiger partial charge in [0.1, 0.15) is 0 Å². The molecule has 76 valence electrons.